The van der Waals surface area contributed by atoms with Gasteiger partial charge in [0.25, 0.3) is 0 Å². The second-order valence-electron chi connectivity index (χ2n) is 21.0. The molecule has 2 aliphatic rings. The Hall–Kier alpha value is -7.63. The van der Waals surface area contributed by atoms with Crippen molar-refractivity contribution in [3.8, 4) is 28.1 Å². The molecule has 4 nitrogen and oxygen atoms in total. The third-order valence-electron chi connectivity index (χ3n) is 15.2. The Morgan fingerprint density at radius 2 is 1.23 bits per heavy atom. The Morgan fingerprint density at radius 1 is 0.551 bits per heavy atom. The fraction of sp³-hybridized carbons (Fsp3) is 0.172. The fourth-order valence-electron chi connectivity index (χ4n) is 12.0. The molecule has 0 N–H and O–H groups in total. The van der Waals surface area contributed by atoms with Gasteiger partial charge in [0.2, 0.25) is 6.71 Å². The first-order chi connectivity index (χ1) is 33.4. The van der Waals surface area contributed by atoms with E-state index in [0.29, 0.717) is 6.67 Å². The van der Waals surface area contributed by atoms with Gasteiger partial charge < -0.3 is 9.80 Å². The smallest absolute Gasteiger partial charge is 0.242 e. The molecule has 2 aromatic heterocycles. The molecule has 69 heavy (non-hydrogen) atoms. The Kier molecular flexibility index (Phi) is 9.90. The summed E-state index contributed by atoms with van der Waals surface area (Å²) in [5.41, 5.74) is 23.9. The van der Waals surface area contributed by atoms with E-state index in [-0.39, 0.29) is 17.5 Å². The number of benzene rings is 8. The van der Waals surface area contributed by atoms with Crippen LogP contribution in [0.4, 0.5) is 22.7 Å². The lowest BCUT2D eigenvalue weighted by Gasteiger charge is -2.29. The third-order valence-corrected chi connectivity index (χ3v) is 15.2. The minimum atomic E-state index is -0.130. The maximum atomic E-state index is 5.04. The second kappa shape index (κ2) is 16.0. The van der Waals surface area contributed by atoms with Crippen molar-refractivity contribution in [2.24, 2.45) is 0 Å². The Balaban J connectivity index is 1.03. The van der Waals surface area contributed by atoms with Gasteiger partial charge in [-0.15, -0.1) is 0 Å². The van der Waals surface area contributed by atoms with Crippen molar-refractivity contribution in [1.82, 2.24) is 9.55 Å². The molecule has 1 aliphatic heterocycles. The molecule has 0 saturated carbocycles. The van der Waals surface area contributed by atoms with E-state index in [1.165, 1.54) is 106 Å². The van der Waals surface area contributed by atoms with Crippen molar-refractivity contribution in [3.05, 3.63) is 222 Å². The van der Waals surface area contributed by atoms with Crippen LogP contribution >= 0.6 is 0 Å². The zero-order valence-corrected chi connectivity index (χ0v) is 41.0. The summed E-state index contributed by atoms with van der Waals surface area (Å²) in [5.74, 6) is 0.941. The molecule has 0 saturated heterocycles. The molecule has 5 heteroatoms. The number of fused-ring (bicyclic) bond motifs is 7. The SMILES string of the molecule is Cc1cc(C)c(B(c2cccc(N3CN(c4c(-c5ccccc5)ccc5c4-c4ccccc4C5(C)C)c4ccccc43)c2)c2ccc3c4ccccc4n(-c4cc(C(C)(C)C)ccn4)c3c2)c(C)c1. The minimum absolute atomic E-state index is 0.0151. The summed E-state index contributed by atoms with van der Waals surface area (Å²) >= 11 is 0. The number of rotatable bonds is 7. The third kappa shape index (κ3) is 6.84. The summed E-state index contributed by atoms with van der Waals surface area (Å²) in [7, 11) is 0. The summed E-state index contributed by atoms with van der Waals surface area (Å²) in [6.45, 7) is 19.0. The molecule has 0 unspecified atom stereocenters. The van der Waals surface area contributed by atoms with Crippen LogP contribution in [-0.2, 0) is 10.8 Å². The molecule has 1 aliphatic carbocycles. The summed E-state index contributed by atoms with van der Waals surface area (Å²) in [4.78, 5) is 10.2. The topological polar surface area (TPSA) is 24.3 Å². The highest BCUT2D eigenvalue weighted by atomic mass is 15.4. The predicted molar refractivity (Wildman–Crippen MR) is 294 cm³/mol. The Labute approximate surface area is 407 Å². The molecule has 0 radical (unpaired) electrons. The Morgan fingerprint density at radius 3 is 2.01 bits per heavy atom. The number of pyridine rings is 1. The maximum Gasteiger partial charge on any atom is 0.242 e. The van der Waals surface area contributed by atoms with Crippen LogP contribution in [0.25, 0.3) is 49.9 Å². The number of para-hydroxylation sites is 3. The molecule has 10 aromatic rings. The highest BCUT2D eigenvalue weighted by molar-refractivity contribution is 6.96. The lowest BCUT2D eigenvalue weighted by Crippen LogP contribution is -2.54. The van der Waals surface area contributed by atoms with Crippen LogP contribution < -0.4 is 26.2 Å². The molecule has 0 spiro atoms. The van der Waals surface area contributed by atoms with Crippen LogP contribution in [-0.4, -0.2) is 22.9 Å². The van der Waals surface area contributed by atoms with Gasteiger partial charge >= 0.3 is 0 Å². The van der Waals surface area contributed by atoms with E-state index < -0.39 is 0 Å². The number of nitrogens with zero attached hydrogens (tertiary/aromatic N) is 4. The highest BCUT2D eigenvalue weighted by Gasteiger charge is 2.41. The molecule has 12 rings (SSSR count). The quantitative estimate of drug-likeness (QED) is 0.149. The lowest BCUT2D eigenvalue weighted by molar-refractivity contribution is 0.588. The number of aryl methyl sites for hydroxylation is 3. The molecular weight excluding hydrogens is 836 g/mol. The van der Waals surface area contributed by atoms with Gasteiger partial charge in [0.05, 0.1) is 28.1 Å². The van der Waals surface area contributed by atoms with Crippen molar-refractivity contribution < 1.29 is 0 Å². The number of hydrogen-bond donors (Lipinski definition) is 0. The van der Waals surface area contributed by atoms with Crippen molar-refractivity contribution in [3.63, 3.8) is 0 Å². The van der Waals surface area contributed by atoms with Crippen LogP contribution in [0.5, 0.6) is 0 Å². The summed E-state index contributed by atoms with van der Waals surface area (Å²) in [6.07, 6.45) is 1.97. The second-order valence-corrected chi connectivity index (χ2v) is 21.0. The minimum Gasteiger partial charge on any atom is -0.321 e. The molecule has 8 aromatic carbocycles. The van der Waals surface area contributed by atoms with E-state index in [9.17, 15) is 0 Å². The zero-order valence-electron chi connectivity index (χ0n) is 41.0. The molecule has 0 bridgehead atoms. The van der Waals surface area contributed by atoms with E-state index in [2.05, 4.69) is 252 Å². The van der Waals surface area contributed by atoms with Crippen LogP contribution in [0.15, 0.2) is 188 Å². The van der Waals surface area contributed by atoms with Gasteiger partial charge in [0, 0.05) is 39.2 Å². The summed E-state index contributed by atoms with van der Waals surface area (Å²) in [6, 6.07) is 68.2. The van der Waals surface area contributed by atoms with Crippen LogP contribution in [0.3, 0.4) is 0 Å². The Bertz CT molecular complexity index is 3640. The molecular formula is C64H57BN4. The van der Waals surface area contributed by atoms with E-state index in [4.69, 9.17) is 4.98 Å². The fourth-order valence-corrected chi connectivity index (χ4v) is 12.0. The number of aromatic nitrogens is 2. The van der Waals surface area contributed by atoms with Gasteiger partial charge in [0.15, 0.2) is 0 Å². The number of anilines is 4. The van der Waals surface area contributed by atoms with Gasteiger partial charge in [-0.25, -0.2) is 4.98 Å². The van der Waals surface area contributed by atoms with Gasteiger partial charge in [-0.3, -0.25) is 4.57 Å². The number of hydrogen-bond acceptors (Lipinski definition) is 3. The maximum absolute atomic E-state index is 5.04. The van der Waals surface area contributed by atoms with Crippen molar-refractivity contribution in [2.75, 3.05) is 16.5 Å². The predicted octanol–water partition coefficient (Wildman–Crippen LogP) is 14.1. The van der Waals surface area contributed by atoms with E-state index in [1.54, 1.807) is 0 Å². The van der Waals surface area contributed by atoms with Crippen LogP contribution in [0.1, 0.15) is 68.0 Å². The zero-order chi connectivity index (χ0) is 47.3. The van der Waals surface area contributed by atoms with Gasteiger partial charge in [-0.1, -0.05) is 201 Å². The van der Waals surface area contributed by atoms with Crippen LogP contribution in [0, 0.1) is 20.8 Å². The molecule has 0 atom stereocenters. The van der Waals surface area contributed by atoms with Crippen molar-refractivity contribution in [2.45, 2.75) is 66.2 Å². The first kappa shape index (κ1) is 42.7. The van der Waals surface area contributed by atoms with E-state index in [1.807, 2.05) is 6.20 Å². The summed E-state index contributed by atoms with van der Waals surface area (Å²) < 4.78 is 2.38. The highest BCUT2D eigenvalue weighted by Crippen LogP contribution is 2.57. The summed E-state index contributed by atoms with van der Waals surface area (Å²) in [5, 5.41) is 2.45. The molecule has 336 valence electrons. The van der Waals surface area contributed by atoms with Gasteiger partial charge in [0.1, 0.15) is 12.5 Å². The monoisotopic (exact) mass is 892 g/mol. The standard InChI is InChI=1S/C64H57BN4/c1-41-35-42(2)61(43(3)36-41)65(47-29-30-51-50-23-13-15-26-55(50)69(58(51)39-47)59-37-45(33-34-66-59)63(4,5)6)46-21-18-22-48(38-46)67-40-68(57-28-17-16-27-56(57)67)62-49(44-19-10-9-11-20-44)31-32-54-60(62)52-24-12-14-25-53(52)64(54,7)8/h9-39H,40H2,1-8H3. The first-order valence-corrected chi connectivity index (χ1v) is 24.5. The molecule has 3 heterocycles. The average Bonchev–Trinajstić information content (AvgIpc) is 3.98. The van der Waals surface area contributed by atoms with Crippen LogP contribution in [0.2, 0.25) is 0 Å². The molecule has 0 amide bonds. The molecule has 0 fully saturated rings. The van der Waals surface area contributed by atoms with E-state index in [0.717, 1.165) is 16.9 Å². The largest absolute Gasteiger partial charge is 0.321 e. The van der Waals surface area contributed by atoms with Crippen molar-refractivity contribution >= 4 is 67.7 Å². The van der Waals surface area contributed by atoms with E-state index >= 15 is 0 Å². The average molecular weight is 893 g/mol. The first-order valence-electron chi connectivity index (χ1n) is 24.5. The van der Waals surface area contributed by atoms with Crippen molar-refractivity contribution in [1.29, 1.82) is 0 Å². The van der Waals surface area contributed by atoms with Gasteiger partial charge in [-0.05, 0) is 103 Å². The van der Waals surface area contributed by atoms with Gasteiger partial charge in [-0.2, -0.15) is 0 Å². The lowest BCUT2D eigenvalue weighted by atomic mass is 9.35. The normalized spacial score (nSPS) is 13.8.